The molecule has 0 radical (unpaired) electrons. The van der Waals surface area contributed by atoms with Crippen LogP contribution < -0.4 is 0 Å². The first kappa shape index (κ1) is 13.8. The van der Waals surface area contributed by atoms with E-state index in [0.717, 1.165) is 13.0 Å². The van der Waals surface area contributed by atoms with Crippen molar-refractivity contribution in [3.63, 3.8) is 0 Å². The summed E-state index contributed by atoms with van der Waals surface area (Å²) >= 11 is 0. The largest absolute Gasteiger partial charge is 0.393 e. The summed E-state index contributed by atoms with van der Waals surface area (Å²) in [6.45, 7) is 6.08. The molecule has 0 saturated heterocycles. The predicted octanol–water partition coefficient (Wildman–Crippen LogP) is 0.0865. The Bertz CT molecular complexity index is 131. The average Bonchev–Trinajstić information content (AvgIpc) is 2.11. The van der Waals surface area contributed by atoms with E-state index >= 15 is 0 Å². The van der Waals surface area contributed by atoms with Gasteiger partial charge >= 0.3 is 0 Å². The Morgan fingerprint density at radius 3 is 2.50 bits per heavy atom. The van der Waals surface area contributed by atoms with Gasteiger partial charge in [0.25, 0.3) is 0 Å². The van der Waals surface area contributed by atoms with Gasteiger partial charge in [0, 0.05) is 19.7 Å². The Morgan fingerprint density at radius 1 is 1.36 bits per heavy atom. The molecular weight excluding hydrogens is 182 g/mol. The van der Waals surface area contributed by atoms with Crippen molar-refractivity contribution in [2.24, 2.45) is 0 Å². The second-order valence-electron chi connectivity index (χ2n) is 3.71. The van der Waals surface area contributed by atoms with Crippen molar-refractivity contribution in [3.05, 3.63) is 0 Å². The van der Waals surface area contributed by atoms with Crippen LogP contribution in [-0.4, -0.2) is 60.7 Å². The van der Waals surface area contributed by atoms with E-state index in [2.05, 4.69) is 0 Å². The first-order valence-electron chi connectivity index (χ1n) is 5.18. The maximum absolute atomic E-state index is 9.49. The minimum absolute atomic E-state index is 0.276. The van der Waals surface area contributed by atoms with Crippen LogP contribution in [0.25, 0.3) is 0 Å². The zero-order valence-corrected chi connectivity index (χ0v) is 9.44. The van der Waals surface area contributed by atoms with Crippen LogP contribution in [0.4, 0.5) is 0 Å². The molecule has 4 nitrogen and oxygen atoms in total. The number of aliphatic hydroxyl groups excluding tert-OH is 2. The van der Waals surface area contributed by atoms with E-state index in [1.54, 1.807) is 6.92 Å². The van der Waals surface area contributed by atoms with Crippen molar-refractivity contribution in [1.82, 2.24) is 4.90 Å². The maximum Gasteiger partial charge on any atom is 0.0900 e. The highest BCUT2D eigenvalue weighted by molar-refractivity contribution is 4.61. The first-order valence-corrected chi connectivity index (χ1v) is 5.18. The molecule has 2 unspecified atom stereocenters. The van der Waals surface area contributed by atoms with Gasteiger partial charge in [-0.05, 0) is 27.3 Å². The van der Waals surface area contributed by atoms with E-state index in [9.17, 15) is 5.11 Å². The van der Waals surface area contributed by atoms with Gasteiger partial charge in [-0.2, -0.15) is 0 Å². The van der Waals surface area contributed by atoms with E-state index in [-0.39, 0.29) is 6.10 Å². The van der Waals surface area contributed by atoms with Crippen LogP contribution in [0.5, 0.6) is 0 Å². The molecule has 86 valence electrons. The van der Waals surface area contributed by atoms with E-state index in [1.807, 2.05) is 18.9 Å². The van der Waals surface area contributed by atoms with Gasteiger partial charge in [-0.25, -0.2) is 0 Å². The molecule has 0 aliphatic rings. The quantitative estimate of drug-likeness (QED) is 0.589. The van der Waals surface area contributed by atoms with Gasteiger partial charge in [0.05, 0.1) is 18.8 Å². The number of nitrogens with zero attached hydrogens (tertiary/aromatic N) is 1. The second-order valence-corrected chi connectivity index (χ2v) is 3.71. The highest BCUT2D eigenvalue weighted by Crippen LogP contribution is 1.95. The summed E-state index contributed by atoms with van der Waals surface area (Å²) in [5, 5.41) is 18.5. The SMILES string of the molecule is CCOCC(O)CN(C)CCC(C)O. The third kappa shape index (κ3) is 8.44. The van der Waals surface area contributed by atoms with Crippen molar-refractivity contribution >= 4 is 0 Å². The Hall–Kier alpha value is -0.160. The molecular formula is C10H23NO3. The summed E-state index contributed by atoms with van der Waals surface area (Å²) in [6.07, 6.45) is 0.0214. The molecule has 2 atom stereocenters. The number of ether oxygens (including phenoxy) is 1. The summed E-state index contributed by atoms with van der Waals surface area (Å²) in [7, 11) is 1.93. The summed E-state index contributed by atoms with van der Waals surface area (Å²) < 4.78 is 5.10. The number of rotatable bonds is 8. The molecule has 0 rings (SSSR count). The van der Waals surface area contributed by atoms with Crippen LogP contribution in [0.2, 0.25) is 0 Å². The molecule has 0 aliphatic heterocycles. The molecule has 0 amide bonds. The summed E-state index contributed by atoms with van der Waals surface area (Å²) in [5.41, 5.74) is 0. The molecule has 0 spiro atoms. The van der Waals surface area contributed by atoms with E-state index < -0.39 is 6.10 Å². The van der Waals surface area contributed by atoms with Crippen LogP contribution >= 0.6 is 0 Å². The molecule has 0 saturated carbocycles. The minimum Gasteiger partial charge on any atom is -0.393 e. The monoisotopic (exact) mass is 205 g/mol. The topological polar surface area (TPSA) is 52.9 Å². The molecule has 2 N–H and O–H groups in total. The third-order valence-electron chi connectivity index (χ3n) is 1.97. The van der Waals surface area contributed by atoms with Gasteiger partial charge in [0.1, 0.15) is 0 Å². The summed E-state index contributed by atoms with van der Waals surface area (Å²) in [4.78, 5) is 2.00. The molecule has 0 bridgehead atoms. The Kier molecular flexibility index (Phi) is 8.08. The molecule has 0 heterocycles. The van der Waals surface area contributed by atoms with Gasteiger partial charge in [-0.1, -0.05) is 0 Å². The molecule has 0 aromatic heterocycles. The van der Waals surface area contributed by atoms with Crippen LogP contribution in [0.15, 0.2) is 0 Å². The number of hydrogen-bond donors (Lipinski definition) is 2. The number of likely N-dealkylation sites (N-methyl/N-ethyl adjacent to an activating group) is 1. The fraction of sp³-hybridized carbons (Fsp3) is 1.00. The lowest BCUT2D eigenvalue weighted by Gasteiger charge is -2.20. The minimum atomic E-state index is -0.436. The van der Waals surface area contributed by atoms with Gasteiger partial charge in [-0.15, -0.1) is 0 Å². The zero-order chi connectivity index (χ0) is 11.0. The van der Waals surface area contributed by atoms with Crippen molar-refractivity contribution in [2.45, 2.75) is 32.5 Å². The van der Waals surface area contributed by atoms with Crippen molar-refractivity contribution < 1.29 is 14.9 Å². The van der Waals surface area contributed by atoms with Crippen LogP contribution in [0, 0.1) is 0 Å². The van der Waals surface area contributed by atoms with Gasteiger partial charge in [0.2, 0.25) is 0 Å². The van der Waals surface area contributed by atoms with E-state index in [1.165, 1.54) is 0 Å². The number of aliphatic hydroxyl groups is 2. The maximum atomic E-state index is 9.49. The molecule has 0 aromatic carbocycles. The fourth-order valence-corrected chi connectivity index (χ4v) is 1.16. The molecule has 0 fully saturated rings. The third-order valence-corrected chi connectivity index (χ3v) is 1.97. The smallest absolute Gasteiger partial charge is 0.0900 e. The first-order chi connectivity index (χ1) is 6.56. The molecule has 4 heteroatoms. The van der Waals surface area contributed by atoms with Gasteiger partial charge < -0.3 is 19.8 Å². The van der Waals surface area contributed by atoms with Crippen molar-refractivity contribution in [2.75, 3.05) is 33.4 Å². The Morgan fingerprint density at radius 2 is 2.00 bits per heavy atom. The normalized spacial score (nSPS) is 15.9. The fourth-order valence-electron chi connectivity index (χ4n) is 1.16. The van der Waals surface area contributed by atoms with E-state index in [4.69, 9.17) is 9.84 Å². The second kappa shape index (κ2) is 8.17. The van der Waals surface area contributed by atoms with Crippen molar-refractivity contribution in [3.8, 4) is 0 Å². The van der Waals surface area contributed by atoms with Gasteiger partial charge in [0.15, 0.2) is 0 Å². The lowest BCUT2D eigenvalue weighted by Crippen LogP contribution is -2.33. The highest BCUT2D eigenvalue weighted by atomic mass is 16.5. The Balaban J connectivity index is 3.44. The average molecular weight is 205 g/mol. The van der Waals surface area contributed by atoms with Crippen LogP contribution in [0.1, 0.15) is 20.3 Å². The molecule has 14 heavy (non-hydrogen) atoms. The molecule has 0 aromatic rings. The number of hydrogen-bond acceptors (Lipinski definition) is 4. The van der Waals surface area contributed by atoms with Crippen molar-refractivity contribution in [1.29, 1.82) is 0 Å². The predicted molar refractivity (Wildman–Crippen MR) is 56.3 cm³/mol. The lowest BCUT2D eigenvalue weighted by molar-refractivity contribution is 0.0236. The lowest BCUT2D eigenvalue weighted by atomic mass is 10.2. The highest BCUT2D eigenvalue weighted by Gasteiger charge is 2.08. The van der Waals surface area contributed by atoms with Gasteiger partial charge in [-0.3, -0.25) is 0 Å². The molecule has 0 aliphatic carbocycles. The van der Waals surface area contributed by atoms with E-state index in [0.29, 0.717) is 19.8 Å². The zero-order valence-electron chi connectivity index (χ0n) is 9.44. The van der Waals surface area contributed by atoms with Crippen LogP contribution in [-0.2, 0) is 4.74 Å². The summed E-state index contributed by atoms with van der Waals surface area (Å²) in [5.74, 6) is 0. The van der Waals surface area contributed by atoms with Crippen LogP contribution in [0.3, 0.4) is 0 Å². The standard InChI is InChI=1S/C10H23NO3/c1-4-14-8-10(13)7-11(3)6-5-9(2)12/h9-10,12-13H,4-8H2,1-3H3. The summed E-state index contributed by atoms with van der Waals surface area (Å²) in [6, 6.07) is 0. The Labute approximate surface area is 86.5 Å².